The summed E-state index contributed by atoms with van der Waals surface area (Å²) in [6.45, 7) is 0. The summed E-state index contributed by atoms with van der Waals surface area (Å²) < 4.78 is 0. The second kappa shape index (κ2) is 2.49. The molecule has 0 heterocycles. The highest BCUT2D eigenvalue weighted by Crippen LogP contribution is 2.57. The molecule has 1 saturated carbocycles. The van der Waals surface area contributed by atoms with Crippen molar-refractivity contribution in [2.24, 2.45) is 5.92 Å². The average Bonchev–Trinajstić information content (AvgIpc) is 2.83. The molecule has 1 aromatic carbocycles. The number of aliphatic hydroxyl groups excluding tert-OH is 1. The Kier molecular flexibility index (Phi) is 1.50. The van der Waals surface area contributed by atoms with Crippen LogP contribution < -0.4 is 0 Å². The zero-order valence-corrected chi connectivity index (χ0v) is 7.96. The van der Waals surface area contributed by atoms with Crippen LogP contribution in [0.3, 0.4) is 0 Å². The van der Waals surface area contributed by atoms with Crippen molar-refractivity contribution in [2.75, 3.05) is 0 Å². The number of fused-ring (bicyclic) bond motifs is 3. The van der Waals surface area contributed by atoms with E-state index in [-0.39, 0.29) is 6.10 Å². The lowest BCUT2D eigenvalue weighted by Gasteiger charge is -2.20. The molecule has 0 spiro atoms. The molecule has 3 atom stereocenters. The molecule has 0 saturated heterocycles. The molecule has 3 rings (SSSR count). The average molecular weight is 195 g/mol. The van der Waals surface area contributed by atoms with Crippen LogP contribution in [-0.4, -0.2) is 5.11 Å². The second-order valence-electron chi connectivity index (χ2n) is 4.13. The molecule has 1 fully saturated rings. The van der Waals surface area contributed by atoms with Crippen molar-refractivity contribution in [1.82, 2.24) is 0 Å². The SMILES string of the molecule is OC1CC2CC2c2ccc(Cl)cc21. The van der Waals surface area contributed by atoms with Crippen LogP contribution >= 0.6 is 11.6 Å². The number of hydrogen-bond donors (Lipinski definition) is 1. The Morgan fingerprint density at radius 3 is 2.92 bits per heavy atom. The van der Waals surface area contributed by atoms with Gasteiger partial charge in [0.25, 0.3) is 0 Å². The van der Waals surface area contributed by atoms with Gasteiger partial charge in [-0.15, -0.1) is 0 Å². The van der Waals surface area contributed by atoms with E-state index in [0.29, 0.717) is 0 Å². The normalized spacial score (nSPS) is 35.1. The fourth-order valence-corrected chi connectivity index (χ4v) is 2.66. The Labute approximate surface area is 82.3 Å². The van der Waals surface area contributed by atoms with Crippen LogP contribution in [0.15, 0.2) is 18.2 Å². The first-order chi connectivity index (χ1) is 6.25. The van der Waals surface area contributed by atoms with Crippen molar-refractivity contribution in [3.8, 4) is 0 Å². The van der Waals surface area contributed by atoms with E-state index in [1.54, 1.807) is 0 Å². The third-order valence-electron chi connectivity index (χ3n) is 3.26. The van der Waals surface area contributed by atoms with Gasteiger partial charge in [0, 0.05) is 5.02 Å². The minimum atomic E-state index is -0.280. The predicted molar refractivity (Wildman–Crippen MR) is 51.9 cm³/mol. The summed E-state index contributed by atoms with van der Waals surface area (Å²) in [6, 6.07) is 5.91. The first kappa shape index (κ1) is 7.84. The maximum atomic E-state index is 9.82. The fourth-order valence-electron chi connectivity index (χ4n) is 2.47. The van der Waals surface area contributed by atoms with E-state index in [1.165, 1.54) is 12.0 Å². The summed E-state index contributed by atoms with van der Waals surface area (Å²) in [6.07, 6.45) is 1.90. The quantitative estimate of drug-likeness (QED) is 0.674. The minimum Gasteiger partial charge on any atom is -0.388 e. The lowest BCUT2D eigenvalue weighted by atomic mass is 9.90. The predicted octanol–water partition coefficient (Wildman–Crippen LogP) is 2.88. The molecule has 0 aliphatic heterocycles. The fraction of sp³-hybridized carbons (Fsp3) is 0.455. The highest BCUT2D eigenvalue weighted by atomic mass is 35.5. The monoisotopic (exact) mass is 194 g/mol. The van der Waals surface area contributed by atoms with Crippen molar-refractivity contribution >= 4 is 11.6 Å². The molecular weight excluding hydrogens is 184 g/mol. The number of hydrogen-bond acceptors (Lipinski definition) is 1. The Balaban J connectivity index is 2.15. The van der Waals surface area contributed by atoms with Crippen LogP contribution in [0.25, 0.3) is 0 Å². The molecule has 1 aromatic rings. The smallest absolute Gasteiger partial charge is 0.0796 e. The van der Waals surface area contributed by atoms with Gasteiger partial charge in [0.1, 0.15) is 0 Å². The molecule has 0 aromatic heterocycles. The Morgan fingerprint density at radius 1 is 1.23 bits per heavy atom. The van der Waals surface area contributed by atoms with E-state index >= 15 is 0 Å². The molecule has 3 unspecified atom stereocenters. The summed E-state index contributed by atoms with van der Waals surface area (Å²) in [5.41, 5.74) is 2.39. The molecule has 0 amide bonds. The van der Waals surface area contributed by atoms with E-state index in [2.05, 4.69) is 6.07 Å². The molecule has 13 heavy (non-hydrogen) atoms. The highest BCUT2D eigenvalue weighted by molar-refractivity contribution is 6.30. The summed E-state index contributed by atoms with van der Waals surface area (Å²) >= 11 is 5.89. The van der Waals surface area contributed by atoms with E-state index in [0.717, 1.165) is 28.8 Å². The van der Waals surface area contributed by atoms with Gasteiger partial charge in [-0.3, -0.25) is 0 Å². The van der Waals surface area contributed by atoms with E-state index in [9.17, 15) is 5.11 Å². The van der Waals surface area contributed by atoms with E-state index < -0.39 is 0 Å². The van der Waals surface area contributed by atoms with Crippen molar-refractivity contribution in [2.45, 2.75) is 24.9 Å². The Bertz CT molecular complexity index is 361. The molecular formula is C11H11ClO. The van der Waals surface area contributed by atoms with Gasteiger partial charge in [0.05, 0.1) is 6.10 Å². The van der Waals surface area contributed by atoms with Gasteiger partial charge in [-0.05, 0) is 47.9 Å². The van der Waals surface area contributed by atoms with Crippen LogP contribution in [0.4, 0.5) is 0 Å². The third kappa shape index (κ3) is 1.11. The van der Waals surface area contributed by atoms with Gasteiger partial charge < -0.3 is 5.11 Å². The van der Waals surface area contributed by atoms with Gasteiger partial charge in [0.15, 0.2) is 0 Å². The minimum absolute atomic E-state index is 0.280. The van der Waals surface area contributed by atoms with E-state index in [1.807, 2.05) is 12.1 Å². The van der Waals surface area contributed by atoms with Crippen molar-refractivity contribution in [1.29, 1.82) is 0 Å². The first-order valence-corrected chi connectivity index (χ1v) is 5.11. The number of aliphatic hydroxyl groups is 1. The topological polar surface area (TPSA) is 20.2 Å². The molecule has 2 aliphatic carbocycles. The van der Waals surface area contributed by atoms with Crippen LogP contribution in [0.1, 0.15) is 36.0 Å². The lowest BCUT2D eigenvalue weighted by molar-refractivity contribution is 0.153. The van der Waals surface area contributed by atoms with E-state index in [4.69, 9.17) is 11.6 Å². The third-order valence-corrected chi connectivity index (χ3v) is 3.49. The lowest BCUT2D eigenvalue weighted by Crippen LogP contribution is -2.08. The van der Waals surface area contributed by atoms with Crippen molar-refractivity contribution in [3.63, 3.8) is 0 Å². The Morgan fingerprint density at radius 2 is 2.08 bits per heavy atom. The van der Waals surface area contributed by atoms with Gasteiger partial charge in [-0.25, -0.2) is 0 Å². The zero-order chi connectivity index (χ0) is 9.00. The first-order valence-electron chi connectivity index (χ1n) is 4.73. The van der Waals surface area contributed by atoms with Gasteiger partial charge in [-0.2, -0.15) is 0 Å². The summed E-state index contributed by atoms with van der Waals surface area (Å²) in [5, 5.41) is 10.6. The zero-order valence-electron chi connectivity index (χ0n) is 7.20. The summed E-state index contributed by atoms with van der Waals surface area (Å²) in [4.78, 5) is 0. The summed E-state index contributed by atoms with van der Waals surface area (Å²) in [5.74, 6) is 1.46. The van der Waals surface area contributed by atoms with Crippen LogP contribution in [0.2, 0.25) is 5.02 Å². The maximum absolute atomic E-state index is 9.82. The van der Waals surface area contributed by atoms with Crippen molar-refractivity contribution in [3.05, 3.63) is 34.3 Å². The van der Waals surface area contributed by atoms with Crippen LogP contribution in [-0.2, 0) is 0 Å². The van der Waals surface area contributed by atoms with Gasteiger partial charge in [0.2, 0.25) is 0 Å². The Hall–Kier alpha value is -0.530. The van der Waals surface area contributed by atoms with Crippen molar-refractivity contribution < 1.29 is 5.11 Å². The maximum Gasteiger partial charge on any atom is 0.0796 e. The number of halogens is 1. The molecule has 2 heteroatoms. The largest absolute Gasteiger partial charge is 0.388 e. The standard InChI is InChI=1S/C11H11ClO/c12-7-1-2-8-9-3-6(9)4-11(13)10(8)5-7/h1-2,5-6,9,11,13H,3-4H2. The van der Waals surface area contributed by atoms with Crippen LogP contribution in [0.5, 0.6) is 0 Å². The molecule has 0 radical (unpaired) electrons. The molecule has 1 nitrogen and oxygen atoms in total. The van der Waals surface area contributed by atoms with Gasteiger partial charge in [-0.1, -0.05) is 17.7 Å². The molecule has 1 N–H and O–H groups in total. The second-order valence-corrected chi connectivity index (χ2v) is 4.56. The molecule has 0 bridgehead atoms. The van der Waals surface area contributed by atoms with Crippen LogP contribution in [0, 0.1) is 5.92 Å². The number of rotatable bonds is 0. The summed E-state index contributed by atoms with van der Waals surface area (Å²) in [7, 11) is 0. The highest BCUT2D eigenvalue weighted by Gasteiger charge is 2.45. The molecule has 68 valence electrons. The van der Waals surface area contributed by atoms with Gasteiger partial charge >= 0.3 is 0 Å². The molecule has 2 aliphatic rings. The number of benzene rings is 1.